The molecule has 2 aliphatic rings. The van der Waals surface area contributed by atoms with Crippen molar-refractivity contribution >= 4 is 29.5 Å². The maximum atomic E-state index is 13.0. The molecule has 0 unspecified atom stereocenters. The van der Waals surface area contributed by atoms with E-state index in [1.54, 1.807) is 24.3 Å². The molecule has 0 radical (unpaired) electrons. The number of benzene rings is 2. The van der Waals surface area contributed by atoms with Crippen molar-refractivity contribution in [2.45, 2.75) is 12.5 Å². The molecule has 0 N–H and O–H groups in total. The van der Waals surface area contributed by atoms with Gasteiger partial charge in [0.25, 0.3) is 5.91 Å². The van der Waals surface area contributed by atoms with Crippen LogP contribution in [-0.2, 0) is 14.3 Å². The zero-order chi connectivity index (χ0) is 22.5. The second-order valence-electron chi connectivity index (χ2n) is 7.98. The molecule has 2 aromatic rings. The molecular formula is C25H27N3O4. The number of ether oxygens (including phenoxy) is 1. The fourth-order valence-electron chi connectivity index (χ4n) is 4.20. The molecule has 4 rings (SSSR count). The lowest BCUT2D eigenvalue weighted by atomic mass is 10.1. The van der Waals surface area contributed by atoms with Crippen LogP contribution in [0.25, 0.3) is 6.08 Å². The van der Waals surface area contributed by atoms with Gasteiger partial charge in [0.05, 0.1) is 30.8 Å². The minimum absolute atomic E-state index is 0.186. The van der Waals surface area contributed by atoms with Crippen LogP contribution in [0.15, 0.2) is 60.7 Å². The SMILES string of the molecule is COC(=O)c1ccc(N2C(=O)C[C@@H](N3CCN(C/C=C\c4ccccc4)CC3)C2=O)cc1. The summed E-state index contributed by atoms with van der Waals surface area (Å²) in [5, 5.41) is 0. The number of esters is 1. The van der Waals surface area contributed by atoms with E-state index in [0.29, 0.717) is 11.3 Å². The molecular weight excluding hydrogens is 406 g/mol. The maximum absolute atomic E-state index is 13.0. The monoisotopic (exact) mass is 433 g/mol. The number of anilines is 1. The highest BCUT2D eigenvalue weighted by molar-refractivity contribution is 6.22. The van der Waals surface area contributed by atoms with Crippen LogP contribution in [0, 0.1) is 0 Å². The van der Waals surface area contributed by atoms with E-state index < -0.39 is 12.0 Å². The summed E-state index contributed by atoms with van der Waals surface area (Å²) in [7, 11) is 1.31. The second kappa shape index (κ2) is 9.89. The smallest absolute Gasteiger partial charge is 0.337 e. The van der Waals surface area contributed by atoms with Crippen LogP contribution in [0.5, 0.6) is 0 Å². The molecule has 0 saturated carbocycles. The van der Waals surface area contributed by atoms with Gasteiger partial charge < -0.3 is 4.74 Å². The third-order valence-corrected chi connectivity index (χ3v) is 5.99. The summed E-state index contributed by atoms with van der Waals surface area (Å²) >= 11 is 0. The van der Waals surface area contributed by atoms with Gasteiger partial charge in [0.15, 0.2) is 0 Å². The van der Waals surface area contributed by atoms with Gasteiger partial charge in [-0.25, -0.2) is 9.69 Å². The van der Waals surface area contributed by atoms with Crippen molar-refractivity contribution in [1.82, 2.24) is 9.80 Å². The number of hydrogen-bond acceptors (Lipinski definition) is 6. The van der Waals surface area contributed by atoms with Crippen molar-refractivity contribution < 1.29 is 19.1 Å². The highest BCUT2D eigenvalue weighted by Gasteiger charge is 2.43. The average Bonchev–Trinajstić information content (AvgIpc) is 3.13. The highest BCUT2D eigenvalue weighted by Crippen LogP contribution is 2.26. The van der Waals surface area contributed by atoms with E-state index in [2.05, 4.69) is 34.1 Å². The molecule has 0 aliphatic carbocycles. The molecule has 0 aromatic heterocycles. The molecule has 1 atom stereocenters. The van der Waals surface area contributed by atoms with Gasteiger partial charge in [-0.3, -0.25) is 19.4 Å². The normalized spacial score (nSPS) is 20.3. The summed E-state index contributed by atoms with van der Waals surface area (Å²) in [4.78, 5) is 43.0. The fourth-order valence-corrected chi connectivity index (χ4v) is 4.20. The first-order chi connectivity index (χ1) is 15.6. The van der Waals surface area contributed by atoms with Crippen LogP contribution in [-0.4, -0.2) is 73.5 Å². The van der Waals surface area contributed by atoms with Crippen LogP contribution >= 0.6 is 0 Å². The topological polar surface area (TPSA) is 70.2 Å². The van der Waals surface area contributed by atoms with Crippen molar-refractivity contribution in [3.63, 3.8) is 0 Å². The Bertz CT molecular complexity index is 996. The zero-order valence-electron chi connectivity index (χ0n) is 18.1. The molecule has 0 spiro atoms. The summed E-state index contributed by atoms with van der Waals surface area (Å²) in [5.74, 6) is -0.859. The number of carbonyl (C=O) groups excluding carboxylic acids is 3. The number of hydrogen-bond donors (Lipinski definition) is 0. The van der Waals surface area contributed by atoms with Gasteiger partial charge in [-0.1, -0.05) is 42.5 Å². The standard InChI is InChI=1S/C25H27N3O4/c1-32-25(31)20-9-11-21(12-10-20)28-23(29)18-22(24(28)30)27-16-14-26(15-17-27)13-5-8-19-6-3-2-4-7-19/h2-12,22H,13-18H2,1H3/b8-5-/t22-/m1/s1. The number of rotatable bonds is 6. The van der Waals surface area contributed by atoms with Gasteiger partial charge in [-0.15, -0.1) is 0 Å². The van der Waals surface area contributed by atoms with Gasteiger partial charge >= 0.3 is 5.97 Å². The van der Waals surface area contributed by atoms with Crippen molar-refractivity contribution in [3.05, 3.63) is 71.8 Å². The predicted octanol–water partition coefficient (Wildman–Crippen LogP) is 2.44. The van der Waals surface area contributed by atoms with E-state index in [-0.39, 0.29) is 18.2 Å². The molecule has 2 heterocycles. The van der Waals surface area contributed by atoms with Crippen LogP contribution < -0.4 is 4.90 Å². The number of amides is 2. The first-order valence-electron chi connectivity index (χ1n) is 10.8. The summed E-state index contributed by atoms with van der Waals surface area (Å²) in [6.45, 7) is 4.06. The minimum Gasteiger partial charge on any atom is -0.465 e. The molecule has 7 nitrogen and oxygen atoms in total. The Kier molecular flexibility index (Phi) is 6.78. The average molecular weight is 434 g/mol. The largest absolute Gasteiger partial charge is 0.465 e. The first kappa shape index (κ1) is 21.9. The van der Waals surface area contributed by atoms with E-state index in [4.69, 9.17) is 4.74 Å². The van der Waals surface area contributed by atoms with Crippen molar-refractivity contribution in [2.75, 3.05) is 44.7 Å². The number of methoxy groups -OCH3 is 1. The number of carbonyl (C=O) groups is 3. The van der Waals surface area contributed by atoms with E-state index in [9.17, 15) is 14.4 Å². The Balaban J connectivity index is 1.32. The van der Waals surface area contributed by atoms with E-state index in [1.165, 1.54) is 17.6 Å². The molecule has 166 valence electrons. The predicted molar refractivity (Wildman–Crippen MR) is 122 cm³/mol. The van der Waals surface area contributed by atoms with Crippen LogP contribution in [0.3, 0.4) is 0 Å². The maximum Gasteiger partial charge on any atom is 0.337 e. The van der Waals surface area contributed by atoms with Crippen molar-refractivity contribution in [1.29, 1.82) is 0 Å². The Labute approximate surface area is 187 Å². The molecule has 2 fully saturated rings. The van der Waals surface area contributed by atoms with E-state index >= 15 is 0 Å². The van der Waals surface area contributed by atoms with E-state index in [0.717, 1.165) is 32.7 Å². The van der Waals surface area contributed by atoms with Gasteiger partial charge in [-0.05, 0) is 29.8 Å². The number of imide groups is 1. The Morgan fingerprint density at radius 2 is 1.69 bits per heavy atom. The number of nitrogens with zero attached hydrogens (tertiary/aromatic N) is 3. The first-order valence-corrected chi connectivity index (χ1v) is 10.8. The molecule has 2 aliphatic heterocycles. The summed E-state index contributed by atoms with van der Waals surface area (Å²) in [6, 6.07) is 16.1. The Hall–Kier alpha value is -3.29. The lowest BCUT2D eigenvalue weighted by Gasteiger charge is -2.36. The Morgan fingerprint density at radius 3 is 2.34 bits per heavy atom. The highest BCUT2D eigenvalue weighted by atomic mass is 16.5. The quantitative estimate of drug-likeness (QED) is 0.515. The number of piperazine rings is 1. The van der Waals surface area contributed by atoms with Gasteiger partial charge in [-0.2, -0.15) is 0 Å². The minimum atomic E-state index is -0.454. The lowest BCUT2D eigenvalue weighted by Crippen LogP contribution is -2.52. The molecule has 0 bridgehead atoms. The third-order valence-electron chi connectivity index (χ3n) is 5.99. The van der Waals surface area contributed by atoms with Crippen molar-refractivity contribution in [2.24, 2.45) is 0 Å². The fraction of sp³-hybridized carbons (Fsp3) is 0.320. The van der Waals surface area contributed by atoms with Crippen LogP contribution in [0.1, 0.15) is 22.3 Å². The molecule has 7 heteroatoms. The van der Waals surface area contributed by atoms with Gasteiger partial charge in [0.1, 0.15) is 0 Å². The second-order valence-corrected chi connectivity index (χ2v) is 7.98. The van der Waals surface area contributed by atoms with Crippen LogP contribution in [0.4, 0.5) is 5.69 Å². The van der Waals surface area contributed by atoms with Crippen molar-refractivity contribution in [3.8, 4) is 0 Å². The zero-order valence-corrected chi connectivity index (χ0v) is 18.1. The van der Waals surface area contributed by atoms with Gasteiger partial charge in [0, 0.05) is 32.7 Å². The summed E-state index contributed by atoms with van der Waals surface area (Å²) < 4.78 is 4.69. The van der Waals surface area contributed by atoms with E-state index in [1.807, 2.05) is 18.2 Å². The Morgan fingerprint density at radius 1 is 1.00 bits per heavy atom. The molecule has 32 heavy (non-hydrogen) atoms. The van der Waals surface area contributed by atoms with Crippen LogP contribution in [0.2, 0.25) is 0 Å². The molecule has 2 saturated heterocycles. The third kappa shape index (κ3) is 4.79. The summed E-state index contributed by atoms with van der Waals surface area (Å²) in [5.41, 5.74) is 2.05. The molecule has 2 amide bonds. The summed E-state index contributed by atoms with van der Waals surface area (Å²) in [6.07, 6.45) is 4.47. The lowest BCUT2D eigenvalue weighted by molar-refractivity contribution is -0.123. The van der Waals surface area contributed by atoms with Gasteiger partial charge in [0.2, 0.25) is 5.91 Å². The molecule has 2 aromatic carbocycles.